The van der Waals surface area contributed by atoms with Gasteiger partial charge in [-0.05, 0) is 25.5 Å². The number of carbonyl (C=O) groups excluding carboxylic acids is 1. The van der Waals surface area contributed by atoms with Crippen molar-refractivity contribution >= 4 is 22.8 Å². The quantitative estimate of drug-likeness (QED) is 0.781. The maximum Gasteiger partial charge on any atom is 0.325 e. The molecule has 19 heavy (non-hydrogen) atoms. The maximum absolute atomic E-state index is 11.8. The van der Waals surface area contributed by atoms with Crippen LogP contribution in [0.25, 0.3) is 10.9 Å². The zero-order valence-electron chi connectivity index (χ0n) is 10.9. The number of carbonyl (C=O) groups is 2. The molecule has 3 N–H and O–H groups in total. The number of fused-ring (bicyclic) bond motifs is 1. The van der Waals surface area contributed by atoms with Gasteiger partial charge in [0.25, 0.3) is 0 Å². The highest BCUT2D eigenvalue weighted by molar-refractivity contribution is 5.91. The molecule has 0 saturated carbocycles. The van der Waals surface area contributed by atoms with Gasteiger partial charge < -0.3 is 15.4 Å². The molecule has 0 bridgehead atoms. The zero-order chi connectivity index (χ0) is 14.0. The number of rotatable bonds is 4. The van der Waals surface area contributed by atoms with Gasteiger partial charge in [-0.2, -0.15) is 0 Å². The molecule has 0 aliphatic carbocycles. The second kappa shape index (κ2) is 5.14. The summed E-state index contributed by atoms with van der Waals surface area (Å²) in [5.74, 6) is -1.33. The van der Waals surface area contributed by atoms with Crippen molar-refractivity contribution < 1.29 is 14.7 Å². The number of aryl methyl sites for hydroxylation is 1. The summed E-state index contributed by atoms with van der Waals surface area (Å²) in [7, 11) is 0. The van der Waals surface area contributed by atoms with Crippen molar-refractivity contribution in [2.45, 2.75) is 26.3 Å². The Bertz CT molecular complexity index is 631. The summed E-state index contributed by atoms with van der Waals surface area (Å²) in [5, 5.41) is 12.2. The number of hydrogen-bond acceptors (Lipinski definition) is 2. The average molecular weight is 260 g/mol. The Morgan fingerprint density at radius 3 is 2.74 bits per heavy atom. The second-order valence-electron chi connectivity index (χ2n) is 4.58. The summed E-state index contributed by atoms with van der Waals surface area (Å²) in [6, 6.07) is 6.86. The zero-order valence-corrected chi connectivity index (χ0v) is 10.9. The number of aliphatic carboxylic acids is 1. The molecule has 0 saturated heterocycles. The molecule has 0 aliphatic rings. The molecular formula is C14H16N2O3. The van der Waals surface area contributed by atoms with Gasteiger partial charge in [-0.15, -0.1) is 0 Å². The molecule has 0 unspecified atom stereocenters. The minimum atomic E-state index is -1.04. The highest BCUT2D eigenvalue weighted by atomic mass is 16.4. The molecule has 1 amide bonds. The Hall–Kier alpha value is -2.30. The van der Waals surface area contributed by atoms with E-state index in [0.29, 0.717) is 0 Å². The van der Waals surface area contributed by atoms with Gasteiger partial charge in [0, 0.05) is 16.6 Å². The van der Waals surface area contributed by atoms with Crippen molar-refractivity contribution in [1.29, 1.82) is 0 Å². The number of para-hydroxylation sites is 1. The summed E-state index contributed by atoms with van der Waals surface area (Å²) < 4.78 is 0. The number of amides is 1. The molecule has 5 nitrogen and oxygen atoms in total. The van der Waals surface area contributed by atoms with Crippen molar-refractivity contribution in [3.8, 4) is 0 Å². The van der Waals surface area contributed by atoms with Crippen LogP contribution >= 0.6 is 0 Å². The lowest BCUT2D eigenvalue weighted by molar-refractivity contribution is -0.141. The standard InChI is InChI=1S/C14H16N2O3/c1-8-11(7-13(17)16-9(2)14(18)19)10-5-3-4-6-12(10)15-8/h3-6,9,15H,7H2,1-2H3,(H,16,17)(H,18,19)/t9-/m1/s1. The van der Waals surface area contributed by atoms with Crippen molar-refractivity contribution in [3.63, 3.8) is 0 Å². The van der Waals surface area contributed by atoms with E-state index < -0.39 is 12.0 Å². The molecule has 100 valence electrons. The predicted octanol–water partition coefficient (Wildman–Crippen LogP) is 1.61. The lowest BCUT2D eigenvalue weighted by Gasteiger charge is -2.09. The summed E-state index contributed by atoms with van der Waals surface area (Å²) in [4.78, 5) is 25.7. The first kappa shape index (κ1) is 13.1. The summed E-state index contributed by atoms with van der Waals surface area (Å²) in [6.07, 6.45) is 0.174. The van der Waals surface area contributed by atoms with E-state index in [9.17, 15) is 9.59 Å². The van der Waals surface area contributed by atoms with Crippen LogP contribution in [0.15, 0.2) is 24.3 Å². The second-order valence-corrected chi connectivity index (χ2v) is 4.58. The third-order valence-corrected chi connectivity index (χ3v) is 3.11. The highest BCUT2D eigenvalue weighted by Gasteiger charge is 2.16. The highest BCUT2D eigenvalue weighted by Crippen LogP contribution is 2.22. The number of hydrogen-bond donors (Lipinski definition) is 3. The van der Waals surface area contributed by atoms with Crippen LogP contribution in [-0.2, 0) is 16.0 Å². The molecule has 0 aliphatic heterocycles. The van der Waals surface area contributed by atoms with E-state index in [2.05, 4.69) is 10.3 Å². The van der Waals surface area contributed by atoms with E-state index in [-0.39, 0.29) is 12.3 Å². The SMILES string of the molecule is Cc1[nH]c2ccccc2c1CC(=O)N[C@H](C)C(=O)O. The number of carboxylic acid groups (broad SMARTS) is 1. The lowest BCUT2D eigenvalue weighted by atomic mass is 10.1. The van der Waals surface area contributed by atoms with Crippen LogP contribution in [0.4, 0.5) is 0 Å². The Balaban J connectivity index is 2.19. The Morgan fingerprint density at radius 1 is 1.37 bits per heavy atom. The summed E-state index contributed by atoms with van der Waals surface area (Å²) in [6.45, 7) is 3.35. The fourth-order valence-corrected chi connectivity index (χ4v) is 2.08. The molecule has 0 spiro atoms. The Kier molecular flexibility index (Phi) is 3.55. The summed E-state index contributed by atoms with van der Waals surface area (Å²) >= 11 is 0. The van der Waals surface area contributed by atoms with Crippen LogP contribution in [0.1, 0.15) is 18.2 Å². The molecule has 1 heterocycles. The van der Waals surface area contributed by atoms with Gasteiger partial charge in [0.1, 0.15) is 6.04 Å². The first-order chi connectivity index (χ1) is 8.99. The van der Waals surface area contributed by atoms with Gasteiger partial charge in [-0.1, -0.05) is 18.2 Å². The minimum absolute atomic E-state index is 0.174. The van der Waals surface area contributed by atoms with Gasteiger partial charge in [0.2, 0.25) is 5.91 Å². The molecular weight excluding hydrogens is 244 g/mol. The van der Waals surface area contributed by atoms with E-state index >= 15 is 0 Å². The van der Waals surface area contributed by atoms with E-state index in [0.717, 1.165) is 22.2 Å². The number of benzene rings is 1. The predicted molar refractivity (Wildman–Crippen MR) is 72.0 cm³/mol. The fraction of sp³-hybridized carbons (Fsp3) is 0.286. The van der Waals surface area contributed by atoms with Crippen molar-refractivity contribution in [1.82, 2.24) is 10.3 Å². The van der Waals surface area contributed by atoms with Gasteiger partial charge in [-0.25, -0.2) is 0 Å². The van der Waals surface area contributed by atoms with Crippen LogP contribution in [0, 0.1) is 6.92 Å². The van der Waals surface area contributed by atoms with Crippen LogP contribution < -0.4 is 5.32 Å². The average Bonchev–Trinajstić information content (AvgIpc) is 2.66. The fourth-order valence-electron chi connectivity index (χ4n) is 2.08. The number of aromatic nitrogens is 1. The van der Waals surface area contributed by atoms with E-state index in [4.69, 9.17) is 5.11 Å². The van der Waals surface area contributed by atoms with Crippen LogP contribution in [-0.4, -0.2) is 28.0 Å². The molecule has 5 heteroatoms. The summed E-state index contributed by atoms with van der Waals surface area (Å²) in [5.41, 5.74) is 2.82. The Morgan fingerprint density at radius 2 is 2.05 bits per heavy atom. The molecule has 1 aromatic heterocycles. The molecule has 0 radical (unpaired) electrons. The topological polar surface area (TPSA) is 82.2 Å². The van der Waals surface area contributed by atoms with Crippen molar-refractivity contribution in [2.75, 3.05) is 0 Å². The third kappa shape index (κ3) is 2.76. The molecule has 2 rings (SSSR count). The van der Waals surface area contributed by atoms with Crippen molar-refractivity contribution in [3.05, 3.63) is 35.5 Å². The first-order valence-electron chi connectivity index (χ1n) is 6.07. The smallest absolute Gasteiger partial charge is 0.325 e. The van der Waals surface area contributed by atoms with E-state index in [1.165, 1.54) is 6.92 Å². The maximum atomic E-state index is 11.8. The number of carboxylic acids is 1. The normalized spacial score (nSPS) is 12.3. The van der Waals surface area contributed by atoms with Crippen molar-refractivity contribution in [2.24, 2.45) is 0 Å². The monoisotopic (exact) mass is 260 g/mol. The van der Waals surface area contributed by atoms with Crippen LogP contribution in [0.5, 0.6) is 0 Å². The van der Waals surface area contributed by atoms with E-state index in [1.807, 2.05) is 31.2 Å². The van der Waals surface area contributed by atoms with Crippen LogP contribution in [0.2, 0.25) is 0 Å². The number of aromatic amines is 1. The lowest BCUT2D eigenvalue weighted by Crippen LogP contribution is -2.39. The van der Waals surface area contributed by atoms with E-state index in [1.54, 1.807) is 0 Å². The minimum Gasteiger partial charge on any atom is -0.480 e. The molecule has 2 aromatic rings. The van der Waals surface area contributed by atoms with Gasteiger partial charge in [-0.3, -0.25) is 9.59 Å². The number of nitrogens with one attached hydrogen (secondary N) is 2. The largest absolute Gasteiger partial charge is 0.480 e. The Labute approximate surface area is 110 Å². The third-order valence-electron chi connectivity index (χ3n) is 3.11. The van der Waals surface area contributed by atoms with Gasteiger partial charge in [0.05, 0.1) is 6.42 Å². The molecule has 1 atom stereocenters. The van der Waals surface area contributed by atoms with Crippen LogP contribution in [0.3, 0.4) is 0 Å². The number of H-pyrrole nitrogens is 1. The first-order valence-corrected chi connectivity index (χ1v) is 6.07. The molecule has 0 fully saturated rings. The molecule has 1 aromatic carbocycles. The van der Waals surface area contributed by atoms with Gasteiger partial charge >= 0.3 is 5.97 Å². The van der Waals surface area contributed by atoms with Gasteiger partial charge in [0.15, 0.2) is 0 Å².